The van der Waals surface area contributed by atoms with Gasteiger partial charge in [0, 0.05) is 23.9 Å². The van der Waals surface area contributed by atoms with Crippen LogP contribution in [-0.2, 0) is 14.3 Å². The van der Waals surface area contributed by atoms with Gasteiger partial charge in [-0.1, -0.05) is 11.6 Å². The van der Waals surface area contributed by atoms with Crippen molar-refractivity contribution in [3.8, 4) is 0 Å². The molecule has 2 N–H and O–H groups in total. The molecule has 6 nitrogen and oxygen atoms in total. The second-order valence-electron chi connectivity index (χ2n) is 5.48. The normalized spacial score (nSPS) is 15.2. The number of benzene rings is 1. The van der Waals surface area contributed by atoms with Crippen LogP contribution in [-0.4, -0.2) is 48.6 Å². The zero-order valence-electron chi connectivity index (χ0n) is 13.3. The van der Waals surface area contributed by atoms with Gasteiger partial charge in [-0.05, 0) is 37.3 Å². The number of rotatable bonds is 5. The molecule has 130 valence electrons. The third-order valence-corrected chi connectivity index (χ3v) is 5.03. The number of nitrogens with zero attached hydrogens (tertiary/aromatic N) is 1. The summed E-state index contributed by atoms with van der Waals surface area (Å²) in [5.74, 6) is -1.44. The van der Waals surface area contributed by atoms with Crippen molar-refractivity contribution in [2.75, 3.05) is 26.0 Å². The molecule has 1 aromatic rings. The summed E-state index contributed by atoms with van der Waals surface area (Å²) in [5, 5.41) is 0.285. The maximum Gasteiger partial charge on any atom is 0.340 e. The minimum Gasteiger partial charge on any atom is -0.452 e. The molecule has 0 radical (unpaired) electrons. The highest BCUT2D eigenvalue weighted by Crippen LogP contribution is 2.24. The summed E-state index contributed by atoms with van der Waals surface area (Å²) in [6, 6.07) is 5.07. The number of amides is 2. The van der Waals surface area contributed by atoms with Crippen molar-refractivity contribution in [1.29, 1.82) is 0 Å². The van der Waals surface area contributed by atoms with E-state index in [2.05, 4.69) is 0 Å². The Bertz CT molecular complexity index is 645. The Morgan fingerprint density at radius 1 is 1.33 bits per heavy atom. The van der Waals surface area contributed by atoms with Gasteiger partial charge < -0.3 is 15.4 Å². The van der Waals surface area contributed by atoms with Gasteiger partial charge >= 0.3 is 5.97 Å². The van der Waals surface area contributed by atoms with Gasteiger partial charge in [-0.25, -0.2) is 4.79 Å². The van der Waals surface area contributed by atoms with E-state index in [0.29, 0.717) is 25.9 Å². The van der Waals surface area contributed by atoms with Gasteiger partial charge in [0.1, 0.15) is 0 Å². The predicted octanol–water partition coefficient (Wildman–Crippen LogP) is 1.94. The minimum absolute atomic E-state index is 0.190. The maximum atomic E-state index is 12.1. The smallest absolute Gasteiger partial charge is 0.340 e. The number of primary amides is 1. The lowest BCUT2D eigenvalue weighted by molar-refractivity contribution is -0.137. The number of carbonyl (C=O) groups excluding carboxylic acids is 3. The molecule has 8 heteroatoms. The molecule has 24 heavy (non-hydrogen) atoms. The fourth-order valence-electron chi connectivity index (χ4n) is 2.50. The third kappa shape index (κ3) is 4.64. The topological polar surface area (TPSA) is 89.7 Å². The van der Waals surface area contributed by atoms with E-state index in [1.165, 1.54) is 11.8 Å². The van der Waals surface area contributed by atoms with Gasteiger partial charge in [-0.3, -0.25) is 9.59 Å². The number of likely N-dealkylation sites (tertiary alicyclic amines) is 1. The van der Waals surface area contributed by atoms with Crippen LogP contribution in [0.1, 0.15) is 23.2 Å². The summed E-state index contributed by atoms with van der Waals surface area (Å²) < 4.78 is 5.08. The van der Waals surface area contributed by atoms with Gasteiger partial charge in [0.05, 0.1) is 10.6 Å². The van der Waals surface area contributed by atoms with Crippen molar-refractivity contribution in [2.24, 2.45) is 11.7 Å². The molecule has 2 amide bonds. The summed E-state index contributed by atoms with van der Waals surface area (Å²) >= 11 is 7.49. The Morgan fingerprint density at radius 2 is 2.00 bits per heavy atom. The molecule has 1 saturated heterocycles. The Kier molecular flexibility index (Phi) is 6.51. The minimum atomic E-state index is -0.628. The van der Waals surface area contributed by atoms with E-state index >= 15 is 0 Å². The quantitative estimate of drug-likeness (QED) is 0.632. The van der Waals surface area contributed by atoms with E-state index in [4.69, 9.17) is 22.1 Å². The van der Waals surface area contributed by atoms with Crippen LogP contribution in [0.25, 0.3) is 0 Å². The Hall–Kier alpha value is -1.73. The van der Waals surface area contributed by atoms with E-state index in [1.807, 2.05) is 6.26 Å². The summed E-state index contributed by atoms with van der Waals surface area (Å²) in [6.45, 7) is 0.527. The molecular formula is C16H19ClN2O4S. The van der Waals surface area contributed by atoms with Crippen LogP contribution < -0.4 is 5.73 Å². The first kappa shape index (κ1) is 18.6. The Balaban J connectivity index is 1.88. The SMILES string of the molecule is CSc1ccc(Cl)c(C(=O)OCC(=O)N2CCC(C(N)=O)CC2)c1. The van der Waals surface area contributed by atoms with Gasteiger partial charge in [0.2, 0.25) is 5.91 Å². The molecule has 1 aliphatic heterocycles. The maximum absolute atomic E-state index is 12.1. The molecule has 0 bridgehead atoms. The number of carbonyl (C=O) groups is 3. The van der Waals surface area contributed by atoms with Crippen molar-refractivity contribution < 1.29 is 19.1 Å². The van der Waals surface area contributed by atoms with Gasteiger partial charge in [0.25, 0.3) is 5.91 Å². The van der Waals surface area contributed by atoms with E-state index < -0.39 is 5.97 Å². The summed E-state index contributed by atoms with van der Waals surface area (Å²) in [7, 11) is 0. The molecular weight excluding hydrogens is 352 g/mol. The zero-order valence-corrected chi connectivity index (χ0v) is 14.9. The van der Waals surface area contributed by atoms with Crippen molar-refractivity contribution in [3.05, 3.63) is 28.8 Å². The van der Waals surface area contributed by atoms with Crippen molar-refractivity contribution >= 4 is 41.1 Å². The molecule has 0 unspecified atom stereocenters. The van der Waals surface area contributed by atoms with E-state index in [1.54, 1.807) is 23.1 Å². The van der Waals surface area contributed by atoms with E-state index in [9.17, 15) is 14.4 Å². The van der Waals surface area contributed by atoms with Crippen molar-refractivity contribution in [1.82, 2.24) is 4.90 Å². The van der Waals surface area contributed by atoms with Gasteiger partial charge in [-0.2, -0.15) is 0 Å². The van der Waals surface area contributed by atoms with Crippen LogP contribution in [0.15, 0.2) is 23.1 Å². The predicted molar refractivity (Wildman–Crippen MR) is 92.0 cm³/mol. The zero-order chi connectivity index (χ0) is 17.7. The number of hydrogen-bond donors (Lipinski definition) is 1. The second kappa shape index (κ2) is 8.39. The molecule has 0 aromatic heterocycles. The van der Waals surface area contributed by atoms with Crippen LogP contribution in [0.5, 0.6) is 0 Å². The lowest BCUT2D eigenvalue weighted by Gasteiger charge is -2.30. The summed E-state index contributed by atoms with van der Waals surface area (Å²) in [6.07, 6.45) is 2.96. The van der Waals surface area contributed by atoms with Crippen LogP contribution >= 0.6 is 23.4 Å². The van der Waals surface area contributed by atoms with E-state index in [0.717, 1.165) is 4.90 Å². The Morgan fingerprint density at radius 3 is 2.58 bits per heavy atom. The highest BCUT2D eigenvalue weighted by Gasteiger charge is 2.26. The van der Waals surface area contributed by atoms with Crippen LogP contribution in [0.2, 0.25) is 5.02 Å². The van der Waals surface area contributed by atoms with Crippen LogP contribution in [0.4, 0.5) is 0 Å². The monoisotopic (exact) mass is 370 g/mol. The molecule has 0 saturated carbocycles. The van der Waals surface area contributed by atoms with Gasteiger partial charge in [0.15, 0.2) is 6.61 Å². The first-order chi connectivity index (χ1) is 11.4. The van der Waals surface area contributed by atoms with Crippen LogP contribution in [0, 0.1) is 5.92 Å². The standard InChI is InChI=1S/C16H19ClN2O4S/c1-24-11-2-3-13(17)12(8-11)16(22)23-9-14(20)19-6-4-10(5-7-19)15(18)21/h2-3,8,10H,4-7,9H2,1H3,(H2,18,21). The average Bonchev–Trinajstić information content (AvgIpc) is 2.59. The summed E-state index contributed by atoms with van der Waals surface area (Å²) in [5.41, 5.74) is 5.50. The fourth-order valence-corrected chi connectivity index (χ4v) is 3.13. The number of hydrogen-bond acceptors (Lipinski definition) is 5. The number of halogens is 1. The highest BCUT2D eigenvalue weighted by atomic mass is 35.5. The molecule has 1 aliphatic rings. The molecule has 0 atom stereocenters. The Labute approximate surface area is 149 Å². The molecule has 1 fully saturated rings. The van der Waals surface area contributed by atoms with E-state index in [-0.39, 0.29) is 34.9 Å². The molecule has 1 aromatic carbocycles. The first-order valence-corrected chi connectivity index (χ1v) is 9.10. The largest absolute Gasteiger partial charge is 0.452 e. The van der Waals surface area contributed by atoms with Crippen molar-refractivity contribution in [3.63, 3.8) is 0 Å². The first-order valence-electron chi connectivity index (χ1n) is 7.50. The molecule has 1 heterocycles. The molecule has 0 spiro atoms. The molecule has 0 aliphatic carbocycles. The van der Waals surface area contributed by atoms with Crippen molar-refractivity contribution in [2.45, 2.75) is 17.7 Å². The lowest BCUT2D eigenvalue weighted by atomic mass is 9.96. The third-order valence-electron chi connectivity index (χ3n) is 3.97. The molecule has 2 rings (SSSR count). The number of thioether (sulfide) groups is 1. The number of esters is 1. The number of nitrogens with two attached hydrogens (primary N) is 1. The van der Waals surface area contributed by atoms with Crippen LogP contribution in [0.3, 0.4) is 0 Å². The fraction of sp³-hybridized carbons (Fsp3) is 0.438. The summed E-state index contributed by atoms with van der Waals surface area (Å²) in [4.78, 5) is 37.8. The number of piperidine rings is 1. The van der Waals surface area contributed by atoms with Gasteiger partial charge in [-0.15, -0.1) is 11.8 Å². The lowest BCUT2D eigenvalue weighted by Crippen LogP contribution is -2.43. The number of ether oxygens (including phenoxy) is 1. The second-order valence-corrected chi connectivity index (χ2v) is 6.77. The average molecular weight is 371 g/mol. The highest BCUT2D eigenvalue weighted by molar-refractivity contribution is 7.98.